The van der Waals surface area contributed by atoms with Gasteiger partial charge in [0.15, 0.2) is 0 Å². The molecular weight excluding hydrogens is 292 g/mol. The number of carbonyl (C=O) groups excluding carboxylic acids is 2. The van der Waals surface area contributed by atoms with E-state index in [4.69, 9.17) is 4.74 Å². The van der Waals surface area contributed by atoms with Gasteiger partial charge in [0.1, 0.15) is 0 Å². The smallest absolute Gasteiger partial charge is 0.223 e. The topological polar surface area (TPSA) is 58.6 Å². The van der Waals surface area contributed by atoms with E-state index in [1.165, 1.54) is 0 Å². The molecule has 1 saturated heterocycles. The maximum atomic E-state index is 12.3. The van der Waals surface area contributed by atoms with E-state index in [0.29, 0.717) is 49.9 Å². The summed E-state index contributed by atoms with van der Waals surface area (Å²) in [5.41, 5.74) is 0. The summed E-state index contributed by atoms with van der Waals surface area (Å²) >= 11 is 0. The second-order valence-corrected chi connectivity index (χ2v) is 7.15. The fourth-order valence-corrected chi connectivity index (χ4v) is 4.44. The summed E-state index contributed by atoms with van der Waals surface area (Å²) in [5.74, 6) is 1.88. The van der Waals surface area contributed by atoms with E-state index in [9.17, 15) is 9.59 Å². The van der Waals surface area contributed by atoms with Gasteiger partial charge < -0.3 is 15.0 Å². The number of nitrogens with zero attached hydrogens (tertiary/aromatic N) is 1. The lowest BCUT2D eigenvalue weighted by atomic mass is 9.88. The van der Waals surface area contributed by atoms with Crippen molar-refractivity contribution in [2.75, 3.05) is 26.8 Å². The van der Waals surface area contributed by atoms with Crippen molar-refractivity contribution in [3.05, 3.63) is 0 Å². The van der Waals surface area contributed by atoms with Gasteiger partial charge in [0.25, 0.3) is 0 Å². The summed E-state index contributed by atoms with van der Waals surface area (Å²) in [4.78, 5) is 26.5. The number of nitrogens with one attached hydrogen (secondary N) is 1. The molecule has 23 heavy (non-hydrogen) atoms. The van der Waals surface area contributed by atoms with E-state index in [1.807, 2.05) is 4.90 Å². The van der Waals surface area contributed by atoms with E-state index in [2.05, 4.69) is 26.1 Å². The Morgan fingerprint density at radius 3 is 2.70 bits per heavy atom. The number of hydrogen-bond acceptors (Lipinski definition) is 3. The third-order valence-electron chi connectivity index (χ3n) is 5.92. The lowest BCUT2D eigenvalue weighted by Crippen LogP contribution is -2.37. The summed E-state index contributed by atoms with van der Waals surface area (Å²) in [6.07, 6.45) is 3.45. The first kappa shape index (κ1) is 18.2. The van der Waals surface area contributed by atoms with Crippen LogP contribution in [0.4, 0.5) is 0 Å². The molecule has 2 fully saturated rings. The second-order valence-electron chi connectivity index (χ2n) is 7.15. The molecule has 0 aromatic carbocycles. The maximum Gasteiger partial charge on any atom is 0.223 e. The van der Waals surface area contributed by atoms with Crippen LogP contribution < -0.4 is 5.32 Å². The van der Waals surface area contributed by atoms with Gasteiger partial charge in [-0.25, -0.2) is 0 Å². The molecule has 0 aromatic rings. The fourth-order valence-electron chi connectivity index (χ4n) is 4.44. The van der Waals surface area contributed by atoms with Crippen LogP contribution in [0, 0.1) is 23.7 Å². The van der Waals surface area contributed by atoms with Crippen molar-refractivity contribution < 1.29 is 14.3 Å². The summed E-state index contributed by atoms with van der Waals surface area (Å²) in [7, 11) is 1.67. The first-order valence-corrected chi connectivity index (χ1v) is 9.09. The summed E-state index contributed by atoms with van der Waals surface area (Å²) < 4.78 is 5.13. The van der Waals surface area contributed by atoms with Crippen LogP contribution in [-0.4, -0.2) is 49.6 Å². The molecule has 4 atom stereocenters. The normalized spacial score (nSPS) is 30.1. The Kier molecular flexibility index (Phi) is 6.45. The number of rotatable bonds is 8. The highest BCUT2D eigenvalue weighted by Gasteiger charge is 2.50. The van der Waals surface area contributed by atoms with Crippen LogP contribution in [0.2, 0.25) is 0 Å². The predicted molar refractivity (Wildman–Crippen MR) is 89.8 cm³/mol. The SMILES string of the molecule is CCC(CC)C(=O)NC[C@H]1[C@@H]2CC(=O)N(CCOC)[C@@H]2C[C@@H]1C. The number of amides is 2. The van der Waals surface area contributed by atoms with Crippen LogP contribution in [0.25, 0.3) is 0 Å². The van der Waals surface area contributed by atoms with Gasteiger partial charge in [0.05, 0.1) is 6.61 Å². The van der Waals surface area contributed by atoms with E-state index in [0.717, 1.165) is 19.3 Å². The monoisotopic (exact) mass is 324 g/mol. The first-order valence-electron chi connectivity index (χ1n) is 9.09. The molecule has 0 spiro atoms. The standard InChI is InChI=1S/C18H32N2O3/c1-5-13(6-2)18(22)19-11-15-12(3)9-16-14(15)10-17(21)20(16)7-8-23-4/h12-16H,5-11H2,1-4H3,(H,19,22)/t12-,14-,15+,16+/m0/s1. The predicted octanol–water partition coefficient (Wildman–Crippen LogP) is 2.06. The van der Waals surface area contributed by atoms with Crippen LogP contribution in [0.15, 0.2) is 0 Å². The largest absolute Gasteiger partial charge is 0.383 e. The molecule has 132 valence electrons. The minimum Gasteiger partial charge on any atom is -0.383 e. The number of hydrogen-bond donors (Lipinski definition) is 1. The molecule has 5 nitrogen and oxygen atoms in total. The van der Waals surface area contributed by atoms with Crippen molar-refractivity contribution >= 4 is 11.8 Å². The number of methoxy groups -OCH3 is 1. The summed E-state index contributed by atoms with van der Waals surface area (Å²) in [5, 5.41) is 3.15. The molecule has 0 radical (unpaired) electrons. The van der Waals surface area contributed by atoms with Crippen molar-refractivity contribution in [1.82, 2.24) is 10.2 Å². The van der Waals surface area contributed by atoms with Crippen molar-refractivity contribution in [3.63, 3.8) is 0 Å². The van der Waals surface area contributed by atoms with Gasteiger partial charge in [0.2, 0.25) is 11.8 Å². The van der Waals surface area contributed by atoms with Crippen molar-refractivity contribution in [2.45, 2.75) is 52.5 Å². The Morgan fingerprint density at radius 1 is 1.39 bits per heavy atom. The van der Waals surface area contributed by atoms with E-state index < -0.39 is 0 Å². The van der Waals surface area contributed by atoms with Gasteiger partial charge in [-0.05, 0) is 37.0 Å². The summed E-state index contributed by atoms with van der Waals surface area (Å²) in [6.45, 7) is 8.38. The molecule has 0 aromatic heterocycles. The van der Waals surface area contributed by atoms with Crippen LogP contribution in [0.5, 0.6) is 0 Å². The molecule has 2 rings (SSSR count). The third kappa shape index (κ3) is 3.87. The molecule has 1 aliphatic heterocycles. The summed E-state index contributed by atoms with van der Waals surface area (Å²) in [6, 6.07) is 0.336. The van der Waals surface area contributed by atoms with Crippen LogP contribution in [0.1, 0.15) is 46.5 Å². The van der Waals surface area contributed by atoms with Crippen molar-refractivity contribution in [1.29, 1.82) is 0 Å². The fraction of sp³-hybridized carbons (Fsp3) is 0.889. The molecular formula is C18H32N2O3. The van der Waals surface area contributed by atoms with Gasteiger partial charge in [-0.15, -0.1) is 0 Å². The molecule has 1 heterocycles. The second kappa shape index (κ2) is 8.13. The lowest BCUT2D eigenvalue weighted by molar-refractivity contribution is -0.129. The molecule has 2 aliphatic rings. The highest BCUT2D eigenvalue weighted by Crippen LogP contribution is 2.45. The lowest BCUT2D eigenvalue weighted by Gasteiger charge is -2.24. The minimum absolute atomic E-state index is 0.117. The van der Waals surface area contributed by atoms with Gasteiger partial charge in [-0.3, -0.25) is 9.59 Å². The molecule has 2 amide bonds. The Morgan fingerprint density at radius 2 is 2.09 bits per heavy atom. The first-order chi connectivity index (χ1) is 11.0. The number of carbonyl (C=O) groups is 2. The van der Waals surface area contributed by atoms with Crippen molar-refractivity contribution in [3.8, 4) is 0 Å². The van der Waals surface area contributed by atoms with Gasteiger partial charge in [0, 0.05) is 38.6 Å². The number of ether oxygens (including phenoxy) is 1. The third-order valence-corrected chi connectivity index (χ3v) is 5.92. The Bertz CT molecular complexity index is 422. The molecule has 1 saturated carbocycles. The van der Waals surface area contributed by atoms with Crippen molar-refractivity contribution in [2.24, 2.45) is 23.7 Å². The van der Waals surface area contributed by atoms with Crippen LogP contribution in [0.3, 0.4) is 0 Å². The highest BCUT2D eigenvalue weighted by atomic mass is 16.5. The quantitative estimate of drug-likeness (QED) is 0.743. The van der Waals surface area contributed by atoms with E-state index in [1.54, 1.807) is 7.11 Å². The molecule has 0 bridgehead atoms. The van der Waals surface area contributed by atoms with Gasteiger partial charge >= 0.3 is 0 Å². The highest BCUT2D eigenvalue weighted by molar-refractivity contribution is 5.80. The van der Waals surface area contributed by atoms with Crippen LogP contribution in [-0.2, 0) is 14.3 Å². The van der Waals surface area contributed by atoms with E-state index in [-0.39, 0.29) is 17.7 Å². The zero-order valence-corrected chi connectivity index (χ0v) is 15.0. The number of fused-ring (bicyclic) bond motifs is 1. The zero-order valence-electron chi connectivity index (χ0n) is 15.0. The average molecular weight is 324 g/mol. The maximum absolute atomic E-state index is 12.3. The Hall–Kier alpha value is -1.10. The van der Waals surface area contributed by atoms with E-state index >= 15 is 0 Å². The average Bonchev–Trinajstić information content (AvgIpc) is 2.98. The van der Waals surface area contributed by atoms with Crippen LogP contribution >= 0.6 is 0 Å². The molecule has 5 heteroatoms. The molecule has 1 N–H and O–H groups in total. The molecule has 0 unspecified atom stereocenters. The van der Waals surface area contributed by atoms with Gasteiger partial charge in [-0.1, -0.05) is 20.8 Å². The van der Waals surface area contributed by atoms with Gasteiger partial charge in [-0.2, -0.15) is 0 Å². The number of likely N-dealkylation sites (tertiary alicyclic amines) is 1. The molecule has 1 aliphatic carbocycles. The zero-order chi connectivity index (χ0) is 17.0. The Balaban J connectivity index is 1.94. The minimum atomic E-state index is 0.117. The Labute approximate surface area is 140 Å².